The first kappa shape index (κ1) is 12.2. The highest BCUT2D eigenvalue weighted by Gasteiger charge is 2.32. The molecule has 1 rings (SSSR count). The van der Waals surface area contributed by atoms with Crippen LogP contribution in [0.3, 0.4) is 0 Å². The van der Waals surface area contributed by atoms with Crippen LogP contribution in [0.15, 0.2) is 14.2 Å². The van der Waals surface area contributed by atoms with Gasteiger partial charge in [0, 0.05) is 0 Å². The fourth-order valence-electron chi connectivity index (χ4n) is 1.24. The van der Waals surface area contributed by atoms with Crippen molar-refractivity contribution in [3.8, 4) is 0 Å². The summed E-state index contributed by atoms with van der Waals surface area (Å²) in [6.45, 7) is 2.32. The second-order valence-electron chi connectivity index (χ2n) is 2.82. The maximum atomic E-state index is 10.9. The third kappa shape index (κ3) is 2.20. The molecule has 0 saturated carbocycles. The highest BCUT2D eigenvalue weighted by atomic mass is 32.2. The van der Waals surface area contributed by atoms with Crippen LogP contribution in [0.25, 0.3) is 0 Å². The predicted octanol–water partition coefficient (Wildman–Crippen LogP) is 0.390. The van der Waals surface area contributed by atoms with E-state index in [1.54, 1.807) is 0 Å². The van der Waals surface area contributed by atoms with Crippen LogP contribution in [0, 0.1) is 13.8 Å². The van der Waals surface area contributed by atoms with Gasteiger partial charge in [0.25, 0.3) is 20.2 Å². The predicted molar refractivity (Wildman–Crippen MR) is 47.8 cm³/mol. The van der Waals surface area contributed by atoms with E-state index in [0.717, 1.165) is 13.8 Å². The van der Waals surface area contributed by atoms with Crippen molar-refractivity contribution < 1.29 is 30.4 Å². The molecule has 0 unspecified atom stereocenters. The Morgan fingerprint density at radius 1 is 0.867 bits per heavy atom. The minimum atomic E-state index is -4.76. The van der Waals surface area contributed by atoms with E-state index >= 15 is 0 Å². The van der Waals surface area contributed by atoms with Crippen LogP contribution in [0.5, 0.6) is 0 Å². The molecular formula is C6H8O7S2. The van der Waals surface area contributed by atoms with Crippen LogP contribution in [-0.2, 0) is 20.2 Å². The molecule has 1 aromatic heterocycles. The molecule has 7 nitrogen and oxygen atoms in total. The number of rotatable bonds is 2. The van der Waals surface area contributed by atoms with Crippen LogP contribution in [-0.4, -0.2) is 25.9 Å². The van der Waals surface area contributed by atoms with Crippen molar-refractivity contribution in [1.29, 1.82) is 0 Å². The quantitative estimate of drug-likeness (QED) is 0.734. The molecular weight excluding hydrogens is 248 g/mol. The standard InChI is InChI=1S/C6H8O7S2/c1-3-5(14(7,8)9)6(4(2)13-3)15(10,11)12/h1-2H3,(H,7,8,9)(H,10,11,12). The molecule has 0 amide bonds. The summed E-state index contributed by atoms with van der Waals surface area (Å²) in [7, 11) is -9.52. The molecule has 9 heteroatoms. The Hall–Kier alpha value is -0.900. The van der Waals surface area contributed by atoms with Crippen molar-refractivity contribution in [2.24, 2.45) is 0 Å². The van der Waals surface area contributed by atoms with Gasteiger partial charge in [0.05, 0.1) is 0 Å². The van der Waals surface area contributed by atoms with Gasteiger partial charge in [-0.25, -0.2) is 0 Å². The molecule has 1 aromatic rings. The molecule has 0 spiro atoms. The fraction of sp³-hybridized carbons (Fsp3) is 0.333. The maximum absolute atomic E-state index is 10.9. The summed E-state index contributed by atoms with van der Waals surface area (Å²) in [5.41, 5.74) is 0. The summed E-state index contributed by atoms with van der Waals surface area (Å²) in [5.74, 6) is -0.606. The maximum Gasteiger partial charge on any atom is 0.299 e. The molecule has 0 aliphatic carbocycles. The number of aryl methyl sites for hydroxylation is 2. The molecule has 15 heavy (non-hydrogen) atoms. The lowest BCUT2D eigenvalue weighted by Gasteiger charge is -1.97. The van der Waals surface area contributed by atoms with E-state index in [-0.39, 0.29) is 11.5 Å². The summed E-state index contributed by atoms with van der Waals surface area (Å²) in [6.07, 6.45) is 0. The lowest BCUT2D eigenvalue weighted by Crippen LogP contribution is -2.07. The molecule has 0 aliphatic heterocycles. The third-order valence-corrected chi connectivity index (χ3v) is 3.81. The van der Waals surface area contributed by atoms with E-state index in [9.17, 15) is 16.8 Å². The molecule has 1 heterocycles. The van der Waals surface area contributed by atoms with E-state index in [1.165, 1.54) is 0 Å². The highest BCUT2D eigenvalue weighted by molar-refractivity contribution is 7.89. The largest absolute Gasteiger partial charge is 0.464 e. The van der Waals surface area contributed by atoms with Gasteiger partial charge in [-0.2, -0.15) is 16.8 Å². The number of hydrogen-bond donors (Lipinski definition) is 2. The van der Waals surface area contributed by atoms with Gasteiger partial charge in [0.1, 0.15) is 11.5 Å². The molecule has 0 saturated heterocycles. The van der Waals surface area contributed by atoms with Crippen molar-refractivity contribution in [2.75, 3.05) is 0 Å². The molecule has 86 valence electrons. The van der Waals surface area contributed by atoms with Crippen LogP contribution in [0.4, 0.5) is 0 Å². The van der Waals surface area contributed by atoms with E-state index < -0.39 is 30.0 Å². The summed E-state index contributed by atoms with van der Waals surface area (Å²) < 4.78 is 65.7. The Bertz CT molecular complexity index is 537. The van der Waals surface area contributed by atoms with E-state index in [2.05, 4.69) is 0 Å². The molecule has 0 aliphatic rings. The van der Waals surface area contributed by atoms with Gasteiger partial charge in [-0.05, 0) is 13.8 Å². The van der Waals surface area contributed by atoms with Gasteiger partial charge in [-0.15, -0.1) is 0 Å². The summed E-state index contributed by atoms with van der Waals surface area (Å²) in [4.78, 5) is -1.86. The van der Waals surface area contributed by atoms with Crippen molar-refractivity contribution in [2.45, 2.75) is 23.6 Å². The molecule has 0 radical (unpaired) electrons. The van der Waals surface area contributed by atoms with Gasteiger partial charge in [-0.1, -0.05) is 0 Å². The Labute approximate surface area is 86.2 Å². The van der Waals surface area contributed by atoms with Gasteiger partial charge in [-0.3, -0.25) is 9.11 Å². The minimum Gasteiger partial charge on any atom is -0.464 e. The second-order valence-corrected chi connectivity index (χ2v) is 5.54. The smallest absolute Gasteiger partial charge is 0.299 e. The van der Waals surface area contributed by atoms with Gasteiger partial charge < -0.3 is 4.42 Å². The summed E-state index contributed by atoms with van der Waals surface area (Å²) >= 11 is 0. The van der Waals surface area contributed by atoms with Gasteiger partial charge >= 0.3 is 0 Å². The fourth-order valence-corrected chi connectivity index (χ4v) is 3.44. The minimum absolute atomic E-state index is 0.303. The Morgan fingerprint density at radius 3 is 1.33 bits per heavy atom. The lowest BCUT2D eigenvalue weighted by atomic mass is 10.4. The normalized spacial score (nSPS) is 13.1. The number of hydrogen-bond acceptors (Lipinski definition) is 5. The second kappa shape index (κ2) is 3.30. The number of furan rings is 1. The average molecular weight is 256 g/mol. The Balaban J connectivity index is 3.83. The van der Waals surface area contributed by atoms with Crippen LogP contribution >= 0.6 is 0 Å². The third-order valence-electron chi connectivity index (χ3n) is 1.67. The first-order valence-corrected chi connectivity index (χ1v) is 6.48. The molecule has 0 bridgehead atoms. The van der Waals surface area contributed by atoms with Crippen LogP contribution in [0.2, 0.25) is 0 Å². The van der Waals surface area contributed by atoms with Gasteiger partial charge in [0.15, 0.2) is 9.79 Å². The van der Waals surface area contributed by atoms with E-state index in [4.69, 9.17) is 13.5 Å². The van der Waals surface area contributed by atoms with Crippen molar-refractivity contribution in [3.05, 3.63) is 11.5 Å². The monoisotopic (exact) mass is 256 g/mol. The summed E-state index contributed by atoms with van der Waals surface area (Å²) in [6, 6.07) is 0. The molecule has 0 aromatic carbocycles. The van der Waals surface area contributed by atoms with Crippen LogP contribution < -0.4 is 0 Å². The van der Waals surface area contributed by atoms with Gasteiger partial charge in [0.2, 0.25) is 0 Å². The highest BCUT2D eigenvalue weighted by Crippen LogP contribution is 2.29. The SMILES string of the molecule is Cc1oc(C)c(S(=O)(=O)O)c1S(=O)(=O)O. The van der Waals surface area contributed by atoms with E-state index in [0.29, 0.717) is 0 Å². The van der Waals surface area contributed by atoms with E-state index in [1.807, 2.05) is 0 Å². The molecule has 0 atom stereocenters. The average Bonchev–Trinajstić information content (AvgIpc) is 2.22. The topological polar surface area (TPSA) is 122 Å². The first-order valence-electron chi connectivity index (χ1n) is 3.60. The Kier molecular flexibility index (Phi) is 2.68. The zero-order valence-electron chi connectivity index (χ0n) is 7.75. The zero-order chi connectivity index (χ0) is 12.0. The van der Waals surface area contributed by atoms with Crippen molar-refractivity contribution in [1.82, 2.24) is 0 Å². The lowest BCUT2D eigenvalue weighted by molar-refractivity contribution is 0.466. The van der Waals surface area contributed by atoms with Crippen LogP contribution in [0.1, 0.15) is 11.5 Å². The Morgan fingerprint density at radius 2 is 1.13 bits per heavy atom. The van der Waals surface area contributed by atoms with Crippen molar-refractivity contribution in [3.63, 3.8) is 0 Å². The molecule has 0 fully saturated rings. The van der Waals surface area contributed by atoms with Crippen molar-refractivity contribution >= 4 is 20.2 Å². The summed E-state index contributed by atoms with van der Waals surface area (Å²) in [5, 5.41) is 0. The zero-order valence-corrected chi connectivity index (χ0v) is 9.39. The molecule has 2 N–H and O–H groups in total. The first-order chi connectivity index (χ1) is 6.55.